The smallest absolute Gasteiger partial charge is 0.323 e. The molecule has 0 saturated heterocycles. The Labute approximate surface area is 107 Å². The molecule has 100 valence electrons. The number of aliphatic carboxylic acids is 1. The molecule has 0 bridgehead atoms. The van der Waals surface area contributed by atoms with Gasteiger partial charge in [0.1, 0.15) is 6.54 Å². The van der Waals surface area contributed by atoms with E-state index in [1.165, 1.54) is 30.6 Å². The fraction of sp³-hybridized carbons (Fsp3) is 0.846. The van der Waals surface area contributed by atoms with Gasteiger partial charge in [-0.15, -0.1) is 0 Å². The summed E-state index contributed by atoms with van der Waals surface area (Å²) >= 11 is 0. The van der Waals surface area contributed by atoms with E-state index in [-0.39, 0.29) is 18.6 Å². The number of nitrogens with zero attached hydrogens (tertiary/aromatic N) is 1. The van der Waals surface area contributed by atoms with Crippen LogP contribution in [0.3, 0.4) is 0 Å². The Bertz CT molecular complexity index is 370. The molecule has 3 aliphatic carbocycles. The molecule has 3 saturated carbocycles. The average molecular weight is 252 g/mol. The van der Waals surface area contributed by atoms with Crippen molar-refractivity contribution in [1.82, 2.24) is 10.2 Å². The Balaban J connectivity index is 1.51. The molecule has 0 heterocycles. The summed E-state index contributed by atoms with van der Waals surface area (Å²) in [4.78, 5) is 24.3. The van der Waals surface area contributed by atoms with E-state index >= 15 is 0 Å². The highest BCUT2D eigenvalue weighted by Gasteiger charge is 2.53. The minimum Gasteiger partial charge on any atom is -0.480 e. The summed E-state index contributed by atoms with van der Waals surface area (Å²) in [6.07, 6.45) is 6.93. The van der Waals surface area contributed by atoms with E-state index in [1.807, 2.05) is 0 Å². The van der Waals surface area contributed by atoms with Crippen LogP contribution in [0.25, 0.3) is 0 Å². The van der Waals surface area contributed by atoms with Crippen molar-refractivity contribution in [3.8, 4) is 0 Å². The molecule has 3 rings (SSSR count). The molecule has 18 heavy (non-hydrogen) atoms. The molecule has 3 aliphatic rings. The number of amides is 2. The van der Waals surface area contributed by atoms with Gasteiger partial charge in [-0.3, -0.25) is 4.79 Å². The summed E-state index contributed by atoms with van der Waals surface area (Å²) in [7, 11) is 0. The van der Waals surface area contributed by atoms with Gasteiger partial charge in [-0.05, 0) is 49.9 Å². The third-order valence-corrected chi connectivity index (χ3v) is 4.48. The number of rotatable bonds is 6. The van der Waals surface area contributed by atoms with Gasteiger partial charge in [0.15, 0.2) is 0 Å². The van der Waals surface area contributed by atoms with Gasteiger partial charge in [0.2, 0.25) is 0 Å². The third-order valence-electron chi connectivity index (χ3n) is 4.48. The molecular weight excluding hydrogens is 232 g/mol. The van der Waals surface area contributed by atoms with E-state index in [1.54, 1.807) is 0 Å². The van der Waals surface area contributed by atoms with Crippen LogP contribution in [0, 0.1) is 11.3 Å². The molecule has 0 radical (unpaired) electrons. The number of carboxylic acid groups (broad SMARTS) is 1. The summed E-state index contributed by atoms with van der Waals surface area (Å²) in [5.74, 6) is -0.118. The van der Waals surface area contributed by atoms with Gasteiger partial charge in [0.05, 0.1) is 0 Å². The van der Waals surface area contributed by atoms with Crippen LogP contribution in [-0.4, -0.2) is 41.1 Å². The molecule has 0 atom stereocenters. The van der Waals surface area contributed by atoms with Gasteiger partial charge in [-0.25, -0.2) is 4.79 Å². The summed E-state index contributed by atoms with van der Waals surface area (Å²) in [5.41, 5.74) is 0.369. The lowest BCUT2D eigenvalue weighted by Gasteiger charge is -2.23. The Morgan fingerprint density at radius 3 is 2.33 bits per heavy atom. The maximum atomic E-state index is 12.0. The van der Waals surface area contributed by atoms with Crippen molar-refractivity contribution in [2.45, 2.75) is 44.6 Å². The number of carboxylic acids is 1. The van der Waals surface area contributed by atoms with Gasteiger partial charge >= 0.3 is 12.0 Å². The Kier molecular flexibility index (Phi) is 2.72. The van der Waals surface area contributed by atoms with Crippen molar-refractivity contribution >= 4 is 12.0 Å². The Morgan fingerprint density at radius 2 is 1.89 bits per heavy atom. The predicted molar refractivity (Wildman–Crippen MR) is 65.2 cm³/mol. The number of carbonyl (C=O) groups is 2. The molecule has 0 aromatic rings. The minimum atomic E-state index is -0.930. The highest BCUT2D eigenvalue weighted by atomic mass is 16.4. The zero-order chi connectivity index (χ0) is 12.8. The van der Waals surface area contributed by atoms with E-state index in [2.05, 4.69) is 5.32 Å². The van der Waals surface area contributed by atoms with E-state index in [0.717, 1.165) is 25.3 Å². The predicted octanol–water partition coefficient (Wildman–Crippen LogP) is 1.44. The van der Waals surface area contributed by atoms with Crippen LogP contribution >= 0.6 is 0 Å². The third kappa shape index (κ3) is 2.44. The van der Waals surface area contributed by atoms with Crippen molar-refractivity contribution in [2.75, 3.05) is 13.1 Å². The fourth-order valence-corrected chi connectivity index (χ4v) is 2.84. The van der Waals surface area contributed by atoms with Crippen LogP contribution in [-0.2, 0) is 4.79 Å². The second-order valence-corrected chi connectivity index (χ2v) is 6.05. The maximum absolute atomic E-state index is 12.0. The SMILES string of the molecule is O=C(O)CN(C(=O)NCC1(C2CC2)CC1)C1CC1. The van der Waals surface area contributed by atoms with Gasteiger partial charge in [-0.2, -0.15) is 0 Å². The molecule has 0 aromatic heterocycles. The van der Waals surface area contributed by atoms with E-state index in [4.69, 9.17) is 5.11 Å². The van der Waals surface area contributed by atoms with Crippen molar-refractivity contribution < 1.29 is 14.7 Å². The largest absolute Gasteiger partial charge is 0.480 e. The first kappa shape index (κ1) is 11.8. The highest BCUT2D eigenvalue weighted by Crippen LogP contribution is 2.60. The molecule has 0 unspecified atom stereocenters. The van der Waals surface area contributed by atoms with Crippen LogP contribution in [0.5, 0.6) is 0 Å². The second-order valence-electron chi connectivity index (χ2n) is 6.05. The van der Waals surface area contributed by atoms with E-state index in [0.29, 0.717) is 5.41 Å². The molecule has 2 amide bonds. The zero-order valence-electron chi connectivity index (χ0n) is 10.5. The molecule has 0 aliphatic heterocycles. The Hall–Kier alpha value is -1.26. The molecule has 3 fully saturated rings. The number of hydrogen-bond donors (Lipinski definition) is 2. The Morgan fingerprint density at radius 1 is 1.22 bits per heavy atom. The van der Waals surface area contributed by atoms with Crippen molar-refractivity contribution in [3.63, 3.8) is 0 Å². The van der Waals surface area contributed by atoms with Crippen LogP contribution < -0.4 is 5.32 Å². The van der Waals surface area contributed by atoms with E-state index < -0.39 is 5.97 Å². The fourth-order valence-electron chi connectivity index (χ4n) is 2.84. The van der Waals surface area contributed by atoms with Gasteiger partial charge in [0, 0.05) is 12.6 Å². The van der Waals surface area contributed by atoms with E-state index in [9.17, 15) is 9.59 Å². The number of urea groups is 1. The lowest BCUT2D eigenvalue weighted by atomic mass is 10.0. The number of hydrogen-bond acceptors (Lipinski definition) is 2. The first-order valence-electron chi connectivity index (χ1n) is 6.87. The molecule has 0 spiro atoms. The molecule has 5 nitrogen and oxygen atoms in total. The standard InChI is InChI=1S/C13H20N2O3/c16-11(17)7-15(10-3-4-10)12(18)14-8-13(5-6-13)9-1-2-9/h9-10H,1-8H2,(H,14,18)(H,16,17). The first-order valence-corrected chi connectivity index (χ1v) is 6.87. The molecule has 0 aromatic carbocycles. The normalized spacial score (nSPS) is 24.4. The quantitative estimate of drug-likeness (QED) is 0.751. The van der Waals surface area contributed by atoms with Gasteiger partial charge in [-0.1, -0.05) is 0 Å². The van der Waals surface area contributed by atoms with Crippen LogP contribution in [0.1, 0.15) is 38.5 Å². The summed E-state index contributed by atoms with van der Waals surface area (Å²) < 4.78 is 0. The highest BCUT2D eigenvalue weighted by molar-refractivity contribution is 5.80. The summed E-state index contributed by atoms with van der Waals surface area (Å²) in [5, 5.41) is 11.8. The van der Waals surface area contributed by atoms with Crippen molar-refractivity contribution in [1.29, 1.82) is 0 Å². The van der Waals surface area contributed by atoms with Crippen molar-refractivity contribution in [2.24, 2.45) is 11.3 Å². The van der Waals surface area contributed by atoms with Gasteiger partial charge < -0.3 is 15.3 Å². The zero-order valence-corrected chi connectivity index (χ0v) is 10.5. The molecule has 2 N–H and O–H groups in total. The summed E-state index contributed by atoms with van der Waals surface area (Å²) in [6.45, 7) is 0.562. The lowest BCUT2D eigenvalue weighted by molar-refractivity contribution is -0.137. The monoisotopic (exact) mass is 252 g/mol. The molecule has 5 heteroatoms. The van der Waals surface area contributed by atoms with Crippen LogP contribution in [0.15, 0.2) is 0 Å². The first-order chi connectivity index (χ1) is 8.61. The van der Waals surface area contributed by atoms with Gasteiger partial charge in [0.25, 0.3) is 0 Å². The number of carbonyl (C=O) groups excluding carboxylic acids is 1. The molecular formula is C13H20N2O3. The van der Waals surface area contributed by atoms with Crippen LogP contribution in [0.2, 0.25) is 0 Å². The maximum Gasteiger partial charge on any atom is 0.323 e. The summed E-state index contributed by atoms with van der Waals surface area (Å²) in [6, 6.07) is -0.0380. The van der Waals surface area contributed by atoms with Crippen molar-refractivity contribution in [3.05, 3.63) is 0 Å². The average Bonchev–Trinajstić information content (AvgIpc) is 3.11. The second kappa shape index (κ2) is 4.14. The lowest BCUT2D eigenvalue weighted by Crippen LogP contribution is -2.45. The minimum absolute atomic E-state index is 0.150. The van der Waals surface area contributed by atoms with Crippen LogP contribution in [0.4, 0.5) is 4.79 Å². The number of nitrogens with one attached hydrogen (secondary N) is 1. The topological polar surface area (TPSA) is 69.6 Å².